The Morgan fingerprint density at radius 2 is 1.81 bits per heavy atom. The molecule has 5 rings (SSSR count). The number of likely N-dealkylation sites (tertiary alicyclic amines) is 1. The predicted molar refractivity (Wildman–Crippen MR) is 161 cm³/mol. The van der Waals surface area contributed by atoms with Crippen LogP contribution in [0, 0.1) is 17.3 Å². The van der Waals surface area contributed by atoms with Crippen LogP contribution in [-0.2, 0) is 16.1 Å². The van der Waals surface area contributed by atoms with Gasteiger partial charge in [0.1, 0.15) is 12.9 Å². The molecule has 1 unspecified atom stereocenters. The zero-order valence-electron chi connectivity index (χ0n) is 24.7. The smallest absolute Gasteiger partial charge is 0.226 e. The molecule has 0 saturated carbocycles. The van der Waals surface area contributed by atoms with E-state index in [0.717, 1.165) is 68.0 Å². The van der Waals surface area contributed by atoms with Crippen molar-refractivity contribution in [3.63, 3.8) is 0 Å². The van der Waals surface area contributed by atoms with Crippen molar-refractivity contribution in [2.75, 3.05) is 58.0 Å². The Morgan fingerprint density at radius 1 is 1.10 bits per heavy atom. The normalized spacial score (nSPS) is 21.9. The van der Waals surface area contributed by atoms with Gasteiger partial charge >= 0.3 is 0 Å². The van der Waals surface area contributed by atoms with Gasteiger partial charge in [-0.3, -0.25) is 4.79 Å². The van der Waals surface area contributed by atoms with E-state index in [1.165, 1.54) is 12.7 Å². The van der Waals surface area contributed by atoms with Gasteiger partial charge in [0.25, 0.3) is 0 Å². The number of hydrogen-bond donors (Lipinski definition) is 2. The lowest BCUT2D eigenvalue weighted by molar-refractivity contribution is -0.135. The van der Waals surface area contributed by atoms with Crippen molar-refractivity contribution in [1.82, 2.24) is 14.9 Å². The first-order valence-corrected chi connectivity index (χ1v) is 15.1. The third kappa shape index (κ3) is 6.60. The molecule has 1 aromatic carbocycles. The van der Waals surface area contributed by atoms with Crippen molar-refractivity contribution in [1.29, 1.82) is 0 Å². The Labute approximate surface area is 248 Å². The van der Waals surface area contributed by atoms with Gasteiger partial charge < -0.3 is 29.6 Å². The minimum absolute atomic E-state index is 0.0365. The number of oxime groups is 1. The highest BCUT2D eigenvalue weighted by atomic mass is 16.6. The number of carbonyl (C=O) groups is 1. The second kappa shape index (κ2) is 13.6. The predicted octanol–water partition coefficient (Wildman–Crippen LogP) is 3.33. The third-order valence-corrected chi connectivity index (χ3v) is 9.03. The molecule has 2 saturated heterocycles. The van der Waals surface area contributed by atoms with Crippen molar-refractivity contribution in [3.05, 3.63) is 53.9 Å². The highest BCUT2D eigenvalue weighted by Gasteiger charge is 2.46. The Kier molecular flexibility index (Phi) is 9.74. The third-order valence-electron chi connectivity index (χ3n) is 9.03. The van der Waals surface area contributed by atoms with E-state index >= 15 is 0 Å². The Bertz CT molecular complexity index is 1250. The van der Waals surface area contributed by atoms with Crippen molar-refractivity contribution < 1.29 is 24.6 Å². The number of rotatable bonds is 10. The van der Waals surface area contributed by atoms with E-state index in [1.807, 2.05) is 24.5 Å². The summed E-state index contributed by atoms with van der Waals surface area (Å²) in [5.74, 6) is 2.13. The van der Waals surface area contributed by atoms with Crippen LogP contribution < -0.4 is 9.64 Å². The number of aryl methyl sites for hydroxylation is 1. The minimum atomic E-state index is -0.946. The number of aliphatic hydroxyl groups is 2. The molecule has 10 heteroatoms. The number of ether oxygens (including phenoxy) is 1. The molecule has 226 valence electrons. The van der Waals surface area contributed by atoms with Crippen LogP contribution in [0.2, 0.25) is 0 Å². The minimum Gasteiger partial charge on any atom is -0.493 e. The molecule has 2 aliphatic heterocycles. The molecule has 3 heterocycles. The SMILES string of the molecule is CCc1cnc(N2CCC(COc3ccc(C4=CCC(C(=O)N5C/C(=N\OC)C(CO)(CO)C5)CC4)cc3)CC2)nc1. The largest absolute Gasteiger partial charge is 0.493 e. The average molecular weight is 578 g/mol. The number of amides is 1. The zero-order chi connectivity index (χ0) is 29.5. The van der Waals surface area contributed by atoms with Crippen LogP contribution in [0.4, 0.5) is 5.95 Å². The van der Waals surface area contributed by atoms with Crippen LogP contribution in [0.3, 0.4) is 0 Å². The number of nitrogens with zero attached hydrogens (tertiary/aromatic N) is 5. The molecule has 1 atom stereocenters. The zero-order valence-corrected chi connectivity index (χ0v) is 24.7. The maximum Gasteiger partial charge on any atom is 0.226 e. The number of anilines is 1. The van der Waals surface area contributed by atoms with Gasteiger partial charge in [0, 0.05) is 37.9 Å². The standard InChI is InChI=1S/C32H43N5O5/c1-3-23-16-33-31(34-17-23)36-14-12-24(13-15-36)19-42-28-10-8-26(9-11-28)25-4-6-27(7-5-25)30(40)37-18-29(35-41-2)32(20-37,21-38)22-39/h4,8-11,16-17,24,27,38-39H,3,5-7,12-15,18-22H2,1-2H3/b35-29+. The van der Waals surface area contributed by atoms with Crippen LogP contribution in [0.1, 0.15) is 50.2 Å². The van der Waals surface area contributed by atoms with Gasteiger partial charge in [-0.25, -0.2) is 9.97 Å². The fraction of sp³-hybridized carbons (Fsp3) is 0.562. The summed E-state index contributed by atoms with van der Waals surface area (Å²) in [6, 6.07) is 8.29. The summed E-state index contributed by atoms with van der Waals surface area (Å²) in [6.07, 6.45) is 11.3. The van der Waals surface area contributed by atoms with E-state index in [2.05, 4.69) is 45.2 Å². The molecule has 3 aliphatic rings. The first kappa shape index (κ1) is 30.0. The average Bonchev–Trinajstić information content (AvgIpc) is 3.43. The second-order valence-electron chi connectivity index (χ2n) is 11.7. The maximum absolute atomic E-state index is 13.3. The molecule has 42 heavy (non-hydrogen) atoms. The number of benzene rings is 1. The van der Waals surface area contributed by atoms with Gasteiger partial charge in [-0.05, 0) is 73.3 Å². The van der Waals surface area contributed by atoms with Crippen molar-refractivity contribution >= 4 is 23.1 Å². The van der Waals surface area contributed by atoms with Gasteiger partial charge in [0.2, 0.25) is 11.9 Å². The highest BCUT2D eigenvalue weighted by molar-refractivity contribution is 5.98. The van der Waals surface area contributed by atoms with Crippen molar-refractivity contribution in [3.8, 4) is 5.75 Å². The van der Waals surface area contributed by atoms with E-state index in [9.17, 15) is 15.0 Å². The van der Waals surface area contributed by atoms with Crippen molar-refractivity contribution in [2.45, 2.75) is 45.4 Å². The van der Waals surface area contributed by atoms with Gasteiger partial charge in [0.05, 0.1) is 37.5 Å². The fourth-order valence-corrected chi connectivity index (χ4v) is 6.14. The first-order valence-electron chi connectivity index (χ1n) is 15.1. The van der Waals surface area contributed by atoms with Crippen LogP contribution in [0.25, 0.3) is 5.57 Å². The van der Waals surface area contributed by atoms with E-state index in [-0.39, 0.29) is 38.1 Å². The molecule has 1 amide bonds. The summed E-state index contributed by atoms with van der Waals surface area (Å²) >= 11 is 0. The number of aliphatic hydroxyl groups excluding tert-OH is 2. The Morgan fingerprint density at radius 3 is 2.40 bits per heavy atom. The van der Waals surface area contributed by atoms with Crippen LogP contribution >= 0.6 is 0 Å². The number of hydrogen-bond acceptors (Lipinski definition) is 9. The molecule has 2 fully saturated rings. The number of allylic oxidation sites excluding steroid dienone is 2. The lowest BCUT2D eigenvalue weighted by Crippen LogP contribution is -2.40. The molecular formula is C32H43N5O5. The van der Waals surface area contributed by atoms with Crippen LogP contribution in [0.5, 0.6) is 5.75 Å². The Balaban J connectivity index is 1.08. The number of piperidine rings is 1. The lowest BCUT2D eigenvalue weighted by Gasteiger charge is -2.31. The number of carbonyl (C=O) groups excluding carboxylic acids is 1. The monoisotopic (exact) mass is 577 g/mol. The summed E-state index contributed by atoms with van der Waals surface area (Å²) in [5.41, 5.74) is 3.13. The molecule has 1 aromatic heterocycles. The van der Waals surface area contributed by atoms with Gasteiger partial charge in [0.15, 0.2) is 0 Å². The Hall–Kier alpha value is -3.50. The summed E-state index contributed by atoms with van der Waals surface area (Å²) in [7, 11) is 1.43. The van der Waals surface area contributed by atoms with E-state index in [1.54, 1.807) is 4.90 Å². The van der Waals surface area contributed by atoms with Gasteiger partial charge in [-0.15, -0.1) is 0 Å². The van der Waals surface area contributed by atoms with E-state index in [4.69, 9.17) is 9.57 Å². The van der Waals surface area contributed by atoms with E-state index < -0.39 is 5.41 Å². The highest BCUT2D eigenvalue weighted by Crippen LogP contribution is 2.35. The fourth-order valence-electron chi connectivity index (χ4n) is 6.14. The molecular weight excluding hydrogens is 534 g/mol. The van der Waals surface area contributed by atoms with Gasteiger partial charge in [-0.1, -0.05) is 30.3 Å². The molecule has 1 aliphatic carbocycles. The van der Waals surface area contributed by atoms with E-state index in [0.29, 0.717) is 24.7 Å². The molecule has 0 bridgehead atoms. The summed E-state index contributed by atoms with van der Waals surface area (Å²) < 4.78 is 6.15. The maximum atomic E-state index is 13.3. The quantitative estimate of drug-likeness (QED) is 0.413. The van der Waals surface area contributed by atoms with Gasteiger partial charge in [-0.2, -0.15) is 0 Å². The first-order chi connectivity index (χ1) is 20.5. The lowest BCUT2D eigenvalue weighted by atomic mass is 9.85. The number of aromatic nitrogens is 2. The molecule has 2 aromatic rings. The molecule has 0 spiro atoms. The summed E-state index contributed by atoms with van der Waals surface area (Å²) in [5, 5.41) is 23.8. The molecule has 10 nitrogen and oxygen atoms in total. The molecule has 2 N–H and O–H groups in total. The van der Waals surface area contributed by atoms with Crippen LogP contribution in [-0.4, -0.2) is 89.8 Å². The summed E-state index contributed by atoms with van der Waals surface area (Å²) in [6.45, 7) is 4.65. The summed E-state index contributed by atoms with van der Waals surface area (Å²) in [4.78, 5) is 31.2. The van der Waals surface area contributed by atoms with Crippen LogP contribution in [0.15, 0.2) is 47.9 Å². The molecule has 0 radical (unpaired) electrons. The van der Waals surface area contributed by atoms with Crippen molar-refractivity contribution in [2.24, 2.45) is 22.4 Å². The topological polar surface area (TPSA) is 121 Å². The second-order valence-corrected chi connectivity index (χ2v) is 11.7.